The molecule has 2 N–H and O–H groups in total. The number of morpholine rings is 1. The molecule has 1 aromatic carbocycles. The summed E-state index contributed by atoms with van der Waals surface area (Å²) < 4.78 is 11.5. The minimum Gasteiger partial charge on any atom is -0.474 e. The predicted molar refractivity (Wildman–Crippen MR) is 146 cm³/mol. The molecule has 0 saturated carbocycles. The summed E-state index contributed by atoms with van der Waals surface area (Å²) in [4.78, 5) is 26.6. The number of hydrogen-bond donors (Lipinski definition) is 2. The van der Waals surface area contributed by atoms with Gasteiger partial charge in [0.25, 0.3) is 5.91 Å². The molecule has 38 heavy (non-hydrogen) atoms. The van der Waals surface area contributed by atoms with Crippen LogP contribution in [0.2, 0.25) is 0 Å². The number of benzene rings is 1. The lowest BCUT2D eigenvalue weighted by molar-refractivity contribution is 0.102. The number of amides is 1. The number of nitrogens with one attached hydrogen (secondary N) is 2. The van der Waals surface area contributed by atoms with Gasteiger partial charge in [0.1, 0.15) is 6.10 Å². The number of piperidine rings is 1. The monoisotopic (exact) mass is 513 g/mol. The minimum absolute atomic E-state index is 0.175. The van der Waals surface area contributed by atoms with Crippen molar-refractivity contribution in [3.05, 3.63) is 60.7 Å². The molecular weight excluding hydrogens is 482 g/mol. The highest BCUT2D eigenvalue weighted by Gasteiger charge is 2.19. The molecule has 10 nitrogen and oxygen atoms in total. The van der Waals surface area contributed by atoms with Crippen molar-refractivity contribution in [1.82, 2.24) is 25.1 Å². The molecule has 5 heterocycles. The van der Waals surface area contributed by atoms with Crippen LogP contribution in [0.15, 0.2) is 55.0 Å². The number of likely N-dealkylation sites (tertiary alicyclic amines) is 1. The Labute approximate surface area is 221 Å². The van der Waals surface area contributed by atoms with Crippen LogP contribution in [0.5, 0.6) is 5.88 Å². The Morgan fingerprint density at radius 3 is 2.66 bits per heavy atom. The second kappa shape index (κ2) is 10.8. The lowest BCUT2D eigenvalue weighted by Crippen LogP contribution is -2.36. The van der Waals surface area contributed by atoms with E-state index in [1.54, 1.807) is 18.3 Å². The maximum absolute atomic E-state index is 13.1. The fraction of sp³-hybridized carbons (Fsp3) is 0.357. The lowest BCUT2D eigenvalue weighted by Gasteiger charge is -2.28. The molecule has 2 fully saturated rings. The van der Waals surface area contributed by atoms with Gasteiger partial charge in [0.05, 0.1) is 42.5 Å². The first-order chi connectivity index (χ1) is 18.6. The van der Waals surface area contributed by atoms with Crippen molar-refractivity contribution in [2.24, 2.45) is 0 Å². The van der Waals surface area contributed by atoms with Crippen LogP contribution in [-0.4, -0.2) is 83.5 Å². The van der Waals surface area contributed by atoms with E-state index in [-0.39, 0.29) is 12.0 Å². The number of rotatable bonds is 6. The average molecular weight is 514 g/mol. The zero-order valence-electron chi connectivity index (χ0n) is 21.4. The summed E-state index contributed by atoms with van der Waals surface area (Å²) in [5.41, 5.74) is 4.70. The van der Waals surface area contributed by atoms with Gasteiger partial charge in [-0.2, -0.15) is 5.10 Å². The number of H-pyrrole nitrogens is 1. The number of hydrogen-bond acceptors (Lipinski definition) is 8. The van der Waals surface area contributed by atoms with Gasteiger partial charge in [-0.25, -0.2) is 4.98 Å². The molecule has 0 unspecified atom stereocenters. The number of pyridine rings is 2. The first kappa shape index (κ1) is 24.3. The summed E-state index contributed by atoms with van der Waals surface area (Å²) in [5.74, 6) is 0.264. The third-order valence-corrected chi connectivity index (χ3v) is 7.16. The zero-order valence-corrected chi connectivity index (χ0v) is 21.4. The first-order valence-corrected chi connectivity index (χ1v) is 13.0. The first-order valence-electron chi connectivity index (χ1n) is 13.0. The van der Waals surface area contributed by atoms with Gasteiger partial charge in [-0.1, -0.05) is 6.07 Å². The topological polar surface area (TPSA) is 108 Å². The van der Waals surface area contributed by atoms with E-state index in [1.165, 1.54) is 0 Å². The highest BCUT2D eigenvalue weighted by atomic mass is 16.5. The van der Waals surface area contributed by atoms with Crippen molar-refractivity contribution in [3.8, 4) is 17.0 Å². The molecule has 0 spiro atoms. The molecule has 6 rings (SSSR count). The van der Waals surface area contributed by atoms with Crippen LogP contribution in [0.3, 0.4) is 0 Å². The lowest BCUT2D eigenvalue weighted by atomic mass is 10.0. The molecule has 0 bridgehead atoms. The smallest absolute Gasteiger partial charge is 0.276 e. The van der Waals surface area contributed by atoms with E-state index in [2.05, 4.69) is 48.4 Å². The van der Waals surface area contributed by atoms with E-state index >= 15 is 0 Å². The summed E-state index contributed by atoms with van der Waals surface area (Å²) in [5, 5.41) is 10.9. The van der Waals surface area contributed by atoms with Gasteiger partial charge in [0.2, 0.25) is 5.88 Å². The number of carbonyl (C=O) groups excluding carboxylic acids is 1. The molecule has 10 heteroatoms. The molecule has 196 valence electrons. The molecular formula is C28H31N7O3. The van der Waals surface area contributed by atoms with Gasteiger partial charge in [-0.15, -0.1) is 0 Å². The van der Waals surface area contributed by atoms with Crippen molar-refractivity contribution in [2.45, 2.75) is 18.9 Å². The van der Waals surface area contributed by atoms with Gasteiger partial charge in [0.15, 0.2) is 5.69 Å². The van der Waals surface area contributed by atoms with E-state index < -0.39 is 0 Å². The Hall–Kier alpha value is -4.02. The Morgan fingerprint density at radius 1 is 1.03 bits per heavy atom. The number of anilines is 2. The summed E-state index contributed by atoms with van der Waals surface area (Å²) in [6, 6.07) is 11.6. The van der Waals surface area contributed by atoms with E-state index in [1.807, 2.05) is 30.6 Å². The SMILES string of the molecule is CN1CCC(Oc2ccc(NC(=O)c3n[nH]c4ccc(-c5cncc(N6CCOCC6)c5)cc34)cn2)CC1. The van der Waals surface area contributed by atoms with Crippen LogP contribution in [0, 0.1) is 0 Å². The van der Waals surface area contributed by atoms with Crippen molar-refractivity contribution in [3.63, 3.8) is 0 Å². The number of aromatic nitrogens is 4. The fourth-order valence-corrected chi connectivity index (χ4v) is 4.93. The van der Waals surface area contributed by atoms with Gasteiger partial charge in [-0.3, -0.25) is 14.9 Å². The third kappa shape index (κ3) is 5.32. The number of aromatic amines is 1. The van der Waals surface area contributed by atoms with Crippen LogP contribution in [0.1, 0.15) is 23.3 Å². The number of nitrogens with zero attached hydrogens (tertiary/aromatic N) is 5. The minimum atomic E-state index is -0.306. The van der Waals surface area contributed by atoms with Gasteiger partial charge >= 0.3 is 0 Å². The van der Waals surface area contributed by atoms with Gasteiger partial charge in [-0.05, 0) is 49.7 Å². The molecule has 0 radical (unpaired) electrons. The van der Waals surface area contributed by atoms with E-state index in [4.69, 9.17) is 9.47 Å². The summed E-state index contributed by atoms with van der Waals surface area (Å²) in [6.45, 7) is 5.16. The summed E-state index contributed by atoms with van der Waals surface area (Å²) in [6.07, 6.45) is 7.48. The fourth-order valence-electron chi connectivity index (χ4n) is 4.93. The van der Waals surface area contributed by atoms with Crippen LogP contribution in [0.4, 0.5) is 11.4 Å². The van der Waals surface area contributed by atoms with Crippen molar-refractivity contribution in [1.29, 1.82) is 0 Å². The number of ether oxygens (including phenoxy) is 2. The van der Waals surface area contributed by atoms with E-state index in [0.29, 0.717) is 30.5 Å². The molecule has 2 saturated heterocycles. The maximum Gasteiger partial charge on any atom is 0.276 e. The molecule has 3 aromatic heterocycles. The average Bonchev–Trinajstić information content (AvgIpc) is 3.39. The van der Waals surface area contributed by atoms with Crippen LogP contribution in [-0.2, 0) is 4.74 Å². The predicted octanol–water partition coefficient (Wildman–Crippen LogP) is 3.58. The normalized spacial score (nSPS) is 17.0. The Kier molecular flexibility index (Phi) is 6.89. The maximum atomic E-state index is 13.1. The van der Waals surface area contributed by atoms with Gasteiger partial charge in [0, 0.05) is 49.4 Å². The van der Waals surface area contributed by atoms with E-state index in [0.717, 1.165) is 66.7 Å². The van der Waals surface area contributed by atoms with Crippen molar-refractivity contribution < 1.29 is 14.3 Å². The molecule has 1 amide bonds. The third-order valence-electron chi connectivity index (χ3n) is 7.16. The second-order valence-corrected chi connectivity index (χ2v) is 9.82. The van der Waals surface area contributed by atoms with Crippen LogP contribution in [0.25, 0.3) is 22.0 Å². The highest BCUT2D eigenvalue weighted by Crippen LogP contribution is 2.28. The van der Waals surface area contributed by atoms with Crippen molar-refractivity contribution in [2.75, 3.05) is 56.7 Å². The Morgan fingerprint density at radius 2 is 1.87 bits per heavy atom. The largest absolute Gasteiger partial charge is 0.474 e. The molecule has 2 aliphatic rings. The molecule has 4 aromatic rings. The quantitative estimate of drug-likeness (QED) is 0.403. The van der Waals surface area contributed by atoms with Crippen molar-refractivity contribution >= 4 is 28.2 Å². The van der Waals surface area contributed by atoms with Crippen LogP contribution < -0.4 is 15.0 Å². The highest BCUT2D eigenvalue weighted by molar-refractivity contribution is 6.11. The standard InChI is InChI=1S/C28H31N7O3/c1-34-8-6-23(7-9-34)38-26-5-3-21(17-30-26)31-28(36)27-24-15-19(2-4-25(24)32-33-27)20-14-22(18-29-16-20)35-10-12-37-13-11-35/h2-5,14-18,23H,6-13H2,1H3,(H,31,36)(H,32,33). The van der Waals surface area contributed by atoms with Gasteiger partial charge < -0.3 is 24.6 Å². The van der Waals surface area contributed by atoms with Crippen LogP contribution >= 0.6 is 0 Å². The molecule has 0 aliphatic carbocycles. The van der Waals surface area contributed by atoms with E-state index in [9.17, 15) is 4.79 Å². The molecule has 2 aliphatic heterocycles. The second-order valence-electron chi connectivity index (χ2n) is 9.82. The zero-order chi connectivity index (χ0) is 25.9. The Balaban J connectivity index is 1.16. The summed E-state index contributed by atoms with van der Waals surface area (Å²) in [7, 11) is 2.12. The number of carbonyl (C=O) groups is 1. The summed E-state index contributed by atoms with van der Waals surface area (Å²) >= 11 is 0. The number of fused-ring (bicyclic) bond motifs is 1. The molecule has 0 atom stereocenters. The Bertz CT molecular complexity index is 1410.